The van der Waals surface area contributed by atoms with Crippen LogP contribution in [-0.2, 0) is 17.6 Å². The average Bonchev–Trinajstić information content (AvgIpc) is 2.93. The van der Waals surface area contributed by atoms with Crippen LogP contribution < -0.4 is 15.4 Å². The SMILES string of the molecule is CCN(CC)C(=O)NC(CCN(CCCCc1ccc2c(n1)NCCC2)CCOc1ccnc(C)n1)C(=O)O. The van der Waals surface area contributed by atoms with E-state index in [1.807, 2.05) is 20.8 Å². The Bertz CT molecular complexity index is 1060. The predicted octanol–water partition coefficient (Wildman–Crippen LogP) is 3.14. The Kier molecular flexibility index (Phi) is 12.2. The molecule has 0 bridgehead atoms. The van der Waals surface area contributed by atoms with E-state index < -0.39 is 12.0 Å². The van der Waals surface area contributed by atoms with Crippen LogP contribution in [0.5, 0.6) is 5.88 Å². The smallest absolute Gasteiger partial charge is 0.326 e. The number of aryl methyl sites for hydroxylation is 3. The molecule has 214 valence electrons. The average molecular weight is 542 g/mol. The molecule has 1 atom stereocenters. The largest absolute Gasteiger partial charge is 0.480 e. The van der Waals surface area contributed by atoms with Crippen molar-refractivity contribution in [2.75, 3.05) is 51.2 Å². The maximum absolute atomic E-state index is 12.5. The van der Waals surface area contributed by atoms with Gasteiger partial charge in [-0.1, -0.05) is 6.07 Å². The van der Waals surface area contributed by atoms with Crippen molar-refractivity contribution in [1.82, 2.24) is 30.1 Å². The van der Waals surface area contributed by atoms with E-state index in [0.29, 0.717) is 50.9 Å². The van der Waals surface area contributed by atoms with Crippen LogP contribution in [0.2, 0.25) is 0 Å². The molecule has 2 amide bonds. The number of aromatic nitrogens is 3. The molecule has 1 aliphatic rings. The van der Waals surface area contributed by atoms with Gasteiger partial charge >= 0.3 is 12.0 Å². The van der Waals surface area contributed by atoms with Gasteiger partial charge in [-0.3, -0.25) is 4.90 Å². The lowest BCUT2D eigenvalue weighted by atomic mass is 10.1. The van der Waals surface area contributed by atoms with Gasteiger partial charge in [0, 0.05) is 50.7 Å². The molecular weight excluding hydrogens is 498 g/mol. The van der Waals surface area contributed by atoms with Gasteiger partial charge in [0.25, 0.3) is 0 Å². The molecule has 0 radical (unpaired) electrons. The number of urea groups is 1. The molecule has 3 rings (SSSR count). The van der Waals surface area contributed by atoms with Crippen molar-refractivity contribution in [3.63, 3.8) is 0 Å². The summed E-state index contributed by atoms with van der Waals surface area (Å²) in [7, 11) is 0. The van der Waals surface area contributed by atoms with E-state index in [2.05, 4.69) is 37.6 Å². The molecule has 3 N–H and O–H groups in total. The predicted molar refractivity (Wildman–Crippen MR) is 150 cm³/mol. The minimum absolute atomic E-state index is 0.299. The van der Waals surface area contributed by atoms with E-state index in [1.54, 1.807) is 17.2 Å². The summed E-state index contributed by atoms with van der Waals surface area (Å²) in [6.45, 7) is 9.90. The van der Waals surface area contributed by atoms with Gasteiger partial charge in [0.2, 0.25) is 5.88 Å². The summed E-state index contributed by atoms with van der Waals surface area (Å²) in [5.74, 6) is 1.15. The topological polar surface area (TPSA) is 133 Å². The second-order valence-electron chi connectivity index (χ2n) is 9.73. The second kappa shape index (κ2) is 15.8. The fourth-order valence-electron chi connectivity index (χ4n) is 4.60. The number of hydrogen-bond donors (Lipinski definition) is 3. The summed E-state index contributed by atoms with van der Waals surface area (Å²) in [5, 5.41) is 15.8. The van der Waals surface area contributed by atoms with E-state index in [1.165, 1.54) is 5.56 Å². The first-order valence-corrected chi connectivity index (χ1v) is 14.0. The highest BCUT2D eigenvalue weighted by atomic mass is 16.5. The summed E-state index contributed by atoms with van der Waals surface area (Å²) in [4.78, 5) is 41.3. The van der Waals surface area contributed by atoms with Gasteiger partial charge in [-0.25, -0.2) is 19.6 Å². The number of amides is 2. The Balaban J connectivity index is 1.53. The molecule has 0 aromatic carbocycles. The summed E-state index contributed by atoms with van der Waals surface area (Å²) in [6, 6.07) is 4.71. The van der Waals surface area contributed by atoms with Gasteiger partial charge < -0.3 is 25.4 Å². The van der Waals surface area contributed by atoms with Gasteiger partial charge in [0.15, 0.2) is 0 Å². The van der Waals surface area contributed by atoms with Crippen molar-refractivity contribution < 1.29 is 19.4 Å². The van der Waals surface area contributed by atoms with Crippen LogP contribution in [0.3, 0.4) is 0 Å². The third-order valence-corrected chi connectivity index (χ3v) is 6.90. The third kappa shape index (κ3) is 9.97. The third-order valence-electron chi connectivity index (χ3n) is 6.90. The number of carboxylic acids is 1. The molecule has 1 unspecified atom stereocenters. The van der Waals surface area contributed by atoms with Gasteiger partial charge in [-0.05, 0) is 77.5 Å². The molecule has 1 aliphatic heterocycles. The first kappa shape index (κ1) is 30.1. The van der Waals surface area contributed by atoms with E-state index in [9.17, 15) is 14.7 Å². The van der Waals surface area contributed by atoms with Crippen LogP contribution in [-0.4, -0.2) is 93.8 Å². The van der Waals surface area contributed by atoms with Gasteiger partial charge in [0.05, 0.1) is 0 Å². The molecule has 0 aliphatic carbocycles. The Labute approximate surface area is 231 Å². The Hall–Kier alpha value is -3.47. The maximum Gasteiger partial charge on any atom is 0.326 e. The number of nitrogens with one attached hydrogen (secondary N) is 2. The van der Waals surface area contributed by atoms with Crippen LogP contribution in [0.1, 0.15) is 56.6 Å². The molecule has 0 saturated carbocycles. The van der Waals surface area contributed by atoms with Crippen molar-refractivity contribution in [3.05, 3.63) is 41.5 Å². The Morgan fingerprint density at radius 3 is 2.69 bits per heavy atom. The molecule has 11 nitrogen and oxygen atoms in total. The number of nitrogens with zero attached hydrogens (tertiary/aromatic N) is 5. The van der Waals surface area contributed by atoms with E-state index in [4.69, 9.17) is 9.72 Å². The first-order valence-electron chi connectivity index (χ1n) is 14.0. The maximum atomic E-state index is 12.5. The van der Waals surface area contributed by atoms with Crippen molar-refractivity contribution in [2.45, 2.75) is 65.3 Å². The standard InChI is InChI=1S/C28H43N7O4/c1-4-35(5-2)28(38)33-24(27(36)37)14-18-34(19-20-39-25-13-16-29-21(3)31-25)17-7-6-10-23-12-11-22-9-8-15-30-26(22)32-23/h11-13,16,24H,4-10,14-15,17-20H2,1-3H3,(H,30,32)(H,33,38)(H,36,37). The van der Waals surface area contributed by atoms with Crippen LogP contribution in [0.15, 0.2) is 24.4 Å². The number of fused-ring (bicyclic) bond motifs is 1. The molecule has 0 spiro atoms. The van der Waals surface area contributed by atoms with Crippen LogP contribution in [0, 0.1) is 6.92 Å². The van der Waals surface area contributed by atoms with Gasteiger partial charge in [-0.2, -0.15) is 4.98 Å². The Morgan fingerprint density at radius 2 is 1.95 bits per heavy atom. The molecule has 11 heteroatoms. The molecule has 2 aromatic rings. The van der Waals surface area contributed by atoms with Crippen molar-refractivity contribution in [3.8, 4) is 5.88 Å². The second-order valence-corrected chi connectivity index (χ2v) is 9.73. The summed E-state index contributed by atoms with van der Waals surface area (Å²) >= 11 is 0. The lowest BCUT2D eigenvalue weighted by Crippen LogP contribution is -2.49. The number of rotatable bonds is 16. The number of carbonyl (C=O) groups excluding carboxylic acids is 1. The van der Waals surface area contributed by atoms with E-state index in [0.717, 1.165) is 56.7 Å². The minimum Gasteiger partial charge on any atom is -0.480 e. The van der Waals surface area contributed by atoms with Gasteiger partial charge in [-0.15, -0.1) is 0 Å². The summed E-state index contributed by atoms with van der Waals surface area (Å²) in [5.41, 5.74) is 2.37. The van der Waals surface area contributed by atoms with Crippen molar-refractivity contribution in [2.24, 2.45) is 0 Å². The zero-order valence-corrected chi connectivity index (χ0v) is 23.5. The molecule has 39 heavy (non-hydrogen) atoms. The quantitative estimate of drug-likeness (QED) is 0.274. The van der Waals surface area contributed by atoms with Crippen LogP contribution >= 0.6 is 0 Å². The number of carbonyl (C=O) groups is 2. The van der Waals surface area contributed by atoms with E-state index >= 15 is 0 Å². The monoisotopic (exact) mass is 541 g/mol. The fourth-order valence-corrected chi connectivity index (χ4v) is 4.60. The minimum atomic E-state index is -1.03. The normalized spacial score (nSPS) is 13.3. The fraction of sp³-hybridized carbons (Fsp3) is 0.607. The highest BCUT2D eigenvalue weighted by Crippen LogP contribution is 2.20. The number of unbranched alkanes of at least 4 members (excludes halogenated alkanes) is 1. The summed E-state index contributed by atoms with van der Waals surface area (Å²) < 4.78 is 5.82. The number of hydrogen-bond acceptors (Lipinski definition) is 8. The van der Waals surface area contributed by atoms with Crippen molar-refractivity contribution in [1.29, 1.82) is 0 Å². The molecule has 0 fully saturated rings. The molecule has 2 aromatic heterocycles. The van der Waals surface area contributed by atoms with Crippen molar-refractivity contribution >= 4 is 17.8 Å². The zero-order chi connectivity index (χ0) is 28.0. The lowest BCUT2D eigenvalue weighted by Gasteiger charge is -2.26. The highest BCUT2D eigenvalue weighted by molar-refractivity contribution is 5.82. The number of carboxylic acid groups (broad SMARTS) is 1. The molecule has 0 saturated heterocycles. The number of pyridine rings is 1. The van der Waals surface area contributed by atoms with Crippen LogP contribution in [0.25, 0.3) is 0 Å². The number of aliphatic carboxylic acids is 1. The zero-order valence-electron chi connectivity index (χ0n) is 23.5. The number of ether oxygens (including phenoxy) is 1. The van der Waals surface area contributed by atoms with E-state index in [-0.39, 0.29) is 6.03 Å². The summed E-state index contributed by atoms with van der Waals surface area (Å²) in [6.07, 6.45) is 6.97. The van der Waals surface area contributed by atoms with Gasteiger partial charge in [0.1, 0.15) is 24.3 Å². The molecule has 3 heterocycles. The Morgan fingerprint density at radius 1 is 1.13 bits per heavy atom. The first-order chi connectivity index (χ1) is 18.9. The number of anilines is 1. The highest BCUT2D eigenvalue weighted by Gasteiger charge is 2.23. The molecular formula is C28H43N7O4. The van der Waals surface area contributed by atoms with Crippen LogP contribution in [0.4, 0.5) is 10.6 Å². The lowest BCUT2D eigenvalue weighted by molar-refractivity contribution is -0.139.